The fourth-order valence-corrected chi connectivity index (χ4v) is 9.86. The Labute approximate surface area is 159 Å². The van der Waals surface area contributed by atoms with E-state index in [0.717, 1.165) is 5.39 Å². The Hall–Kier alpha value is -1.38. The number of nitrogens with zero attached hydrogens (tertiary/aromatic N) is 1. The number of rotatable bonds is 3. The summed E-state index contributed by atoms with van der Waals surface area (Å²) in [5.74, 6) is 3.32. The van der Waals surface area contributed by atoms with E-state index in [1.54, 1.807) is 12.1 Å². The highest BCUT2D eigenvalue weighted by molar-refractivity contribution is 9.10. The lowest BCUT2D eigenvalue weighted by Gasteiger charge is -2.38. The Balaban J connectivity index is 2.77. The normalized spacial score (nSPS) is 12.1. The van der Waals surface area contributed by atoms with Crippen LogP contribution in [0.1, 0.15) is 47.1 Å². The van der Waals surface area contributed by atoms with Crippen molar-refractivity contribution in [3.05, 3.63) is 34.2 Å². The predicted octanol–water partition coefficient (Wildman–Crippen LogP) is 6.29. The smallest absolute Gasteiger partial charge is 0.146 e. The van der Waals surface area contributed by atoms with Gasteiger partial charge >= 0.3 is 0 Å². The van der Waals surface area contributed by atoms with Crippen LogP contribution in [0.25, 0.3) is 10.8 Å². The number of hydrogen-bond acceptors (Lipinski definition) is 2. The summed E-state index contributed by atoms with van der Waals surface area (Å²) >= 11 is 3.43. The van der Waals surface area contributed by atoms with Gasteiger partial charge in [-0.25, -0.2) is 9.37 Å². The van der Waals surface area contributed by atoms with Crippen molar-refractivity contribution in [2.24, 2.45) is 0 Å². The fourth-order valence-electron chi connectivity index (χ4n) is 4.02. The van der Waals surface area contributed by atoms with Crippen LogP contribution in [0.15, 0.2) is 22.8 Å². The molecular formula is C20H26BrFN2Si. The summed E-state index contributed by atoms with van der Waals surface area (Å²) in [5, 5.41) is 1.54. The van der Waals surface area contributed by atoms with E-state index in [9.17, 15) is 4.39 Å². The highest BCUT2D eigenvalue weighted by Gasteiger charge is 2.41. The van der Waals surface area contributed by atoms with Crippen LogP contribution in [0.2, 0.25) is 16.6 Å². The SMILES string of the molecule is CC(C)[Si](C#Cc1c(F)ccc2cc(N)nc(Br)c12)(C(C)C)C(C)C. The number of hydrogen-bond donors (Lipinski definition) is 1. The molecule has 0 spiro atoms. The topological polar surface area (TPSA) is 38.9 Å². The lowest BCUT2D eigenvalue weighted by Crippen LogP contribution is -2.43. The molecule has 2 N–H and O–H groups in total. The van der Waals surface area contributed by atoms with Crippen LogP contribution >= 0.6 is 15.9 Å². The molecule has 0 saturated heterocycles. The number of halogens is 2. The predicted molar refractivity (Wildman–Crippen MR) is 112 cm³/mol. The number of nitrogens with two attached hydrogens (primary N) is 1. The molecule has 0 saturated carbocycles. The zero-order valence-electron chi connectivity index (χ0n) is 15.7. The highest BCUT2D eigenvalue weighted by atomic mass is 79.9. The average Bonchev–Trinajstić information content (AvgIpc) is 2.48. The molecule has 0 radical (unpaired) electrons. The minimum absolute atomic E-state index is 0.313. The molecule has 0 atom stereocenters. The number of fused-ring (bicyclic) bond motifs is 1. The lowest BCUT2D eigenvalue weighted by atomic mass is 10.1. The Kier molecular flexibility index (Phi) is 5.96. The Morgan fingerprint density at radius 2 is 1.64 bits per heavy atom. The first-order valence-corrected chi connectivity index (χ1v) is 11.7. The molecule has 1 aromatic carbocycles. The van der Waals surface area contributed by atoms with E-state index in [1.165, 1.54) is 6.07 Å². The Morgan fingerprint density at radius 3 is 2.16 bits per heavy atom. The third-order valence-electron chi connectivity index (χ3n) is 5.19. The van der Waals surface area contributed by atoms with Gasteiger partial charge < -0.3 is 5.73 Å². The zero-order valence-corrected chi connectivity index (χ0v) is 18.3. The maximum Gasteiger partial charge on any atom is 0.146 e. The molecule has 0 bridgehead atoms. The standard InChI is InChI=1S/C20H26BrFN2Si/c1-12(2)25(13(3)4,14(5)6)10-9-16-17(22)8-7-15-11-18(23)24-20(21)19(15)16/h7-8,11-14H,1-6H3,(H2,23,24). The van der Waals surface area contributed by atoms with Gasteiger partial charge in [0, 0.05) is 5.39 Å². The lowest BCUT2D eigenvalue weighted by molar-refractivity contribution is 0.626. The molecule has 2 nitrogen and oxygen atoms in total. The summed E-state index contributed by atoms with van der Waals surface area (Å²) in [5.41, 5.74) is 11.3. The van der Waals surface area contributed by atoms with Crippen molar-refractivity contribution in [2.75, 3.05) is 5.73 Å². The van der Waals surface area contributed by atoms with E-state index in [4.69, 9.17) is 5.73 Å². The van der Waals surface area contributed by atoms with Crippen LogP contribution in [0.5, 0.6) is 0 Å². The monoisotopic (exact) mass is 420 g/mol. The van der Waals surface area contributed by atoms with Crippen molar-refractivity contribution in [3.8, 4) is 11.5 Å². The van der Waals surface area contributed by atoms with Crippen LogP contribution in [0.4, 0.5) is 10.2 Å². The second kappa shape index (κ2) is 7.47. The molecule has 134 valence electrons. The molecule has 2 aromatic rings. The molecule has 2 rings (SSSR count). The minimum atomic E-state index is -1.94. The number of nitrogen functional groups attached to an aromatic ring is 1. The second-order valence-corrected chi connectivity index (χ2v) is 13.8. The summed E-state index contributed by atoms with van der Waals surface area (Å²) < 4.78 is 15.2. The number of pyridine rings is 1. The van der Waals surface area contributed by atoms with Crippen molar-refractivity contribution >= 4 is 40.6 Å². The summed E-state index contributed by atoms with van der Waals surface area (Å²) in [6, 6.07) is 4.93. The number of benzene rings is 1. The van der Waals surface area contributed by atoms with Gasteiger partial charge in [0.25, 0.3) is 0 Å². The molecule has 0 aliphatic carbocycles. The highest BCUT2D eigenvalue weighted by Crippen LogP contribution is 2.41. The first kappa shape index (κ1) is 19.9. The van der Waals surface area contributed by atoms with Crippen LogP contribution in [-0.4, -0.2) is 13.1 Å². The van der Waals surface area contributed by atoms with Gasteiger partial charge in [-0.2, -0.15) is 0 Å². The molecule has 0 unspecified atom stereocenters. The van der Waals surface area contributed by atoms with Crippen LogP contribution < -0.4 is 5.73 Å². The first-order valence-electron chi connectivity index (χ1n) is 8.68. The van der Waals surface area contributed by atoms with Gasteiger partial charge in [-0.3, -0.25) is 0 Å². The van der Waals surface area contributed by atoms with Crippen molar-refractivity contribution in [1.82, 2.24) is 4.98 Å². The van der Waals surface area contributed by atoms with Gasteiger partial charge in [0.2, 0.25) is 0 Å². The number of aromatic nitrogens is 1. The molecule has 0 fully saturated rings. The molecule has 5 heteroatoms. The van der Waals surface area contributed by atoms with Gasteiger partial charge in [0.15, 0.2) is 0 Å². The first-order chi connectivity index (χ1) is 11.6. The summed E-state index contributed by atoms with van der Waals surface area (Å²) in [6.07, 6.45) is 0. The maximum absolute atomic E-state index is 14.6. The Morgan fingerprint density at radius 1 is 1.08 bits per heavy atom. The molecule has 0 aliphatic rings. The van der Waals surface area contributed by atoms with Crippen molar-refractivity contribution in [1.29, 1.82) is 0 Å². The van der Waals surface area contributed by atoms with Gasteiger partial charge in [-0.1, -0.05) is 53.5 Å². The van der Waals surface area contributed by atoms with Gasteiger partial charge in [0.05, 0.1) is 5.56 Å². The summed E-state index contributed by atoms with van der Waals surface area (Å²) in [6.45, 7) is 13.5. The van der Waals surface area contributed by atoms with Crippen LogP contribution in [0.3, 0.4) is 0 Å². The Bertz CT molecular complexity index is 828. The average molecular weight is 421 g/mol. The minimum Gasteiger partial charge on any atom is -0.384 e. The van der Waals surface area contributed by atoms with E-state index in [0.29, 0.717) is 38.0 Å². The molecule has 1 heterocycles. The molecule has 1 aromatic heterocycles. The van der Waals surface area contributed by atoms with E-state index in [-0.39, 0.29) is 5.82 Å². The largest absolute Gasteiger partial charge is 0.384 e. The molecule has 0 aliphatic heterocycles. The van der Waals surface area contributed by atoms with E-state index < -0.39 is 8.07 Å². The van der Waals surface area contributed by atoms with Gasteiger partial charge in [-0.05, 0) is 50.1 Å². The van der Waals surface area contributed by atoms with Crippen molar-refractivity contribution in [3.63, 3.8) is 0 Å². The zero-order chi connectivity index (χ0) is 18.9. The van der Waals surface area contributed by atoms with Gasteiger partial charge in [-0.15, -0.1) is 5.54 Å². The van der Waals surface area contributed by atoms with E-state index in [1.807, 2.05) is 0 Å². The summed E-state index contributed by atoms with van der Waals surface area (Å²) in [7, 11) is -1.94. The van der Waals surface area contributed by atoms with Crippen LogP contribution in [-0.2, 0) is 0 Å². The fraction of sp³-hybridized carbons (Fsp3) is 0.450. The third kappa shape index (κ3) is 3.61. The van der Waals surface area contributed by atoms with E-state index in [2.05, 4.69) is 73.9 Å². The quantitative estimate of drug-likeness (QED) is 0.359. The molecular weight excluding hydrogens is 395 g/mol. The van der Waals surface area contributed by atoms with Gasteiger partial charge in [0.1, 0.15) is 24.3 Å². The van der Waals surface area contributed by atoms with Crippen molar-refractivity contribution in [2.45, 2.75) is 58.2 Å². The molecule has 25 heavy (non-hydrogen) atoms. The van der Waals surface area contributed by atoms with E-state index >= 15 is 0 Å². The summed E-state index contributed by atoms with van der Waals surface area (Å²) in [4.78, 5) is 4.22. The maximum atomic E-state index is 14.6. The molecule has 0 amide bonds. The van der Waals surface area contributed by atoms with Crippen LogP contribution in [0, 0.1) is 17.3 Å². The second-order valence-electron chi connectivity index (χ2n) is 7.51. The number of anilines is 1. The third-order valence-corrected chi connectivity index (χ3v) is 12.1. The van der Waals surface area contributed by atoms with Crippen molar-refractivity contribution < 1.29 is 4.39 Å².